The average Bonchev–Trinajstić information content (AvgIpc) is 2.71. The molecule has 0 fully saturated rings. The molecule has 0 aliphatic rings. The zero-order valence-corrected chi connectivity index (χ0v) is 17.3. The highest BCUT2D eigenvalue weighted by Gasteiger charge is 2.17. The summed E-state index contributed by atoms with van der Waals surface area (Å²) in [5.74, 6) is 0.146. The largest absolute Gasteiger partial charge is 0.497 e. The minimum absolute atomic E-state index is 0. The van der Waals surface area contributed by atoms with Crippen molar-refractivity contribution < 1.29 is 9.53 Å². The van der Waals surface area contributed by atoms with E-state index in [4.69, 9.17) is 10.5 Å². The minimum atomic E-state index is -0.430. The lowest BCUT2D eigenvalue weighted by atomic mass is 10.1. The van der Waals surface area contributed by atoms with Crippen LogP contribution in [-0.4, -0.2) is 22.8 Å². The molecule has 2 aromatic carbocycles. The number of unbranched alkanes of at least 4 members (excludes halogenated alkanes) is 2. The Morgan fingerprint density at radius 1 is 1.17 bits per heavy atom. The summed E-state index contributed by atoms with van der Waals surface area (Å²) in [4.78, 5) is 25.7. The first-order valence-electron chi connectivity index (χ1n) is 9.30. The number of nitrogen functional groups attached to an aromatic ring is 1. The fourth-order valence-corrected chi connectivity index (χ4v) is 3.02. The highest BCUT2D eigenvalue weighted by atomic mass is 35.5. The molecule has 0 unspecified atom stereocenters. The number of amides is 1. The number of hydrogen-bond donors (Lipinski definition) is 2. The molecule has 8 heteroatoms. The van der Waals surface area contributed by atoms with Gasteiger partial charge < -0.3 is 15.8 Å². The lowest BCUT2D eigenvalue weighted by Gasteiger charge is -2.13. The normalized spacial score (nSPS) is 10.4. The second kappa shape index (κ2) is 9.93. The van der Waals surface area contributed by atoms with Crippen LogP contribution in [-0.2, 0) is 6.54 Å². The summed E-state index contributed by atoms with van der Waals surface area (Å²) >= 11 is 0. The molecule has 154 valence electrons. The molecule has 0 aliphatic carbocycles. The van der Waals surface area contributed by atoms with Crippen molar-refractivity contribution >= 4 is 40.5 Å². The molecule has 7 nitrogen and oxygen atoms in total. The number of nitrogens with zero attached hydrogens (tertiary/aromatic N) is 2. The Bertz CT molecular complexity index is 1070. The molecule has 0 saturated carbocycles. The highest BCUT2D eigenvalue weighted by Crippen LogP contribution is 2.25. The number of benzene rings is 2. The SMILES string of the molecule is CCCCCn1nc(C(=O)Nc2cc(OC)ccc2N)c2ccccc2c1=O.Cl. The number of anilines is 2. The lowest BCUT2D eigenvalue weighted by molar-refractivity contribution is 0.102. The number of aromatic nitrogens is 2. The number of carbonyl (C=O) groups excluding carboxylic acids is 1. The summed E-state index contributed by atoms with van der Waals surface area (Å²) in [6.07, 6.45) is 2.85. The third-order valence-corrected chi connectivity index (χ3v) is 4.56. The Hall–Kier alpha value is -3.06. The second-order valence-electron chi connectivity index (χ2n) is 6.54. The molecular weight excluding hydrogens is 392 g/mol. The van der Waals surface area contributed by atoms with Crippen LogP contribution in [0.15, 0.2) is 47.3 Å². The number of nitrogens with two attached hydrogens (primary N) is 1. The number of nitrogens with one attached hydrogen (secondary N) is 1. The fourth-order valence-electron chi connectivity index (χ4n) is 3.02. The van der Waals surface area contributed by atoms with Gasteiger partial charge in [0.2, 0.25) is 0 Å². The van der Waals surface area contributed by atoms with Crippen molar-refractivity contribution in [1.29, 1.82) is 0 Å². The highest BCUT2D eigenvalue weighted by molar-refractivity contribution is 6.12. The molecule has 0 atom stereocenters. The molecule has 0 saturated heterocycles. The van der Waals surface area contributed by atoms with Gasteiger partial charge in [-0.15, -0.1) is 12.4 Å². The molecule has 0 radical (unpaired) electrons. The van der Waals surface area contributed by atoms with Crippen LogP contribution in [0.4, 0.5) is 11.4 Å². The van der Waals surface area contributed by atoms with E-state index in [2.05, 4.69) is 17.3 Å². The van der Waals surface area contributed by atoms with Gasteiger partial charge in [-0.3, -0.25) is 9.59 Å². The predicted molar refractivity (Wildman–Crippen MR) is 118 cm³/mol. The van der Waals surface area contributed by atoms with Gasteiger partial charge >= 0.3 is 0 Å². The third-order valence-electron chi connectivity index (χ3n) is 4.56. The van der Waals surface area contributed by atoms with Crippen LogP contribution in [0, 0.1) is 0 Å². The van der Waals surface area contributed by atoms with E-state index < -0.39 is 5.91 Å². The van der Waals surface area contributed by atoms with Crippen LogP contribution in [0.25, 0.3) is 10.8 Å². The van der Waals surface area contributed by atoms with E-state index in [-0.39, 0.29) is 23.7 Å². The van der Waals surface area contributed by atoms with Crippen molar-refractivity contribution in [2.75, 3.05) is 18.2 Å². The van der Waals surface area contributed by atoms with Crippen LogP contribution in [0.1, 0.15) is 36.7 Å². The summed E-state index contributed by atoms with van der Waals surface area (Å²) < 4.78 is 6.57. The van der Waals surface area contributed by atoms with E-state index >= 15 is 0 Å². The first-order valence-corrected chi connectivity index (χ1v) is 9.30. The number of hydrogen-bond acceptors (Lipinski definition) is 5. The molecule has 0 spiro atoms. The summed E-state index contributed by atoms with van der Waals surface area (Å²) in [5, 5.41) is 8.13. The Morgan fingerprint density at radius 2 is 1.90 bits per heavy atom. The van der Waals surface area contributed by atoms with Crippen LogP contribution in [0.3, 0.4) is 0 Å². The van der Waals surface area contributed by atoms with Crippen LogP contribution in [0.2, 0.25) is 0 Å². The number of carbonyl (C=O) groups is 1. The molecular formula is C21H25ClN4O3. The average molecular weight is 417 g/mol. The number of rotatable bonds is 7. The maximum absolute atomic E-state index is 13.0. The van der Waals surface area contributed by atoms with Crippen LogP contribution >= 0.6 is 12.4 Å². The van der Waals surface area contributed by atoms with Crippen molar-refractivity contribution in [1.82, 2.24) is 9.78 Å². The van der Waals surface area contributed by atoms with Gasteiger partial charge in [0.1, 0.15) is 5.75 Å². The Labute approximate surface area is 175 Å². The molecule has 0 bridgehead atoms. The first-order chi connectivity index (χ1) is 13.5. The fraction of sp³-hybridized carbons (Fsp3) is 0.286. The number of fused-ring (bicyclic) bond motifs is 1. The molecule has 1 aromatic heterocycles. The van der Waals surface area contributed by atoms with Gasteiger partial charge in [-0.2, -0.15) is 5.10 Å². The van der Waals surface area contributed by atoms with Gasteiger partial charge in [0.05, 0.1) is 23.9 Å². The Morgan fingerprint density at radius 3 is 2.59 bits per heavy atom. The molecule has 29 heavy (non-hydrogen) atoms. The monoisotopic (exact) mass is 416 g/mol. The number of halogens is 1. The van der Waals surface area contributed by atoms with E-state index in [1.165, 1.54) is 4.68 Å². The number of ether oxygens (including phenoxy) is 1. The summed E-state index contributed by atoms with van der Waals surface area (Å²) in [7, 11) is 1.54. The lowest BCUT2D eigenvalue weighted by Crippen LogP contribution is -2.28. The van der Waals surface area contributed by atoms with Crippen molar-refractivity contribution in [2.24, 2.45) is 0 Å². The van der Waals surface area contributed by atoms with Gasteiger partial charge in [0.15, 0.2) is 5.69 Å². The molecule has 1 amide bonds. The standard InChI is InChI=1S/C21H24N4O3.ClH/c1-3-4-7-12-25-21(27)16-9-6-5-8-15(16)19(24-25)20(26)23-18-13-14(28-2)10-11-17(18)22;/h5-6,8-11,13H,3-4,7,12,22H2,1-2H3,(H,23,26);1H. The minimum Gasteiger partial charge on any atom is -0.497 e. The predicted octanol–water partition coefficient (Wildman–Crippen LogP) is 3.85. The van der Waals surface area contributed by atoms with Gasteiger partial charge in [0.25, 0.3) is 11.5 Å². The maximum atomic E-state index is 13.0. The third kappa shape index (κ3) is 4.86. The quantitative estimate of drug-likeness (QED) is 0.450. The van der Waals surface area contributed by atoms with E-state index in [0.717, 1.165) is 19.3 Å². The number of aryl methyl sites for hydroxylation is 1. The van der Waals surface area contributed by atoms with Gasteiger partial charge in [0, 0.05) is 18.0 Å². The van der Waals surface area contributed by atoms with E-state index in [0.29, 0.717) is 34.4 Å². The van der Waals surface area contributed by atoms with Crippen molar-refractivity contribution in [3.63, 3.8) is 0 Å². The van der Waals surface area contributed by atoms with Gasteiger partial charge in [-0.25, -0.2) is 4.68 Å². The topological polar surface area (TPSA) is 99.2 Å². The van der Waals surface area contributed by atoms with E-state index in [9.17, 15) is 9.59 Å². The van der Waals surface area contributed by atoms with E-state index in [1.54, 1.807) is 49.6 Å². The second-order valence-corrected chi connectivity index (χ2v) is 6.54. The van der Waals surface area contributed by atoms with Crippen molar-refractivity contribution in [3.8, 4) is 5.75 Å². The Kier molecular flexibility index (Phi) is 7.61. The number of methoxy groups -OCH3 is 1. The first kappa shape index (κ1) is 22.2. The van der Waals surface area contributed by atoms with Gasteiger partial charge in [-0.05, 0) is 24.6 Å². The summed E-state index contributed by atoms with van der Waals surface area (Å²) in [6.45, 7) is 2.56. The zero-order valence-electron chi connectivity index (χ0n) is 16.5. The van der Waals surface area contributed by atoms with Crippen LogP contribution < -0.4 is 21.3 Å². The summed E-state index contributed by atoms with van der Waals surface area (Å²) in [5.41, 5.74) is 6.81. The zero-order chi connectivity index (χ0) is 20.1. The molecule has 0 aliphatic heterocycles. The Balaban J connectivity index is 0.00000300. The van der Waals surface area contributed by atoms with Crippen molar-refractivity contribution in [3.05, 3.63) is 58.5 Å². The molecule has 3 rings (SSSR count). The smallest absolute Gasteiger partial charge is 0.276 e. The molecule has 1 heterocycles. The van der Waals surface area contributed by atoms with E-state index in [1.807, 2.05) is 0 Å². The maximum Gasteiger partial charge on any atom is 0.276 e. The van der Waals surface area contributed by atoms with Gasteiger partial charge in [-0.1, -0.05) is 38.0 Å². The molecule has 3 N–H and O–H groups in total. The van der Waals surface area contributed by atoms with Crippen LogP contribution in [0.5, 0.6) is 5.75 Å². The summed E-state index contributed by atoms with van der Waals surface area (Å²) in [6, 6.07) is 12.0. The molecule has 3 aromatic rings. The van der Waals surface area contributed by atoms with Crippen molar-refractivity contribution in [2.45, 2.75) is 32.7 Å².